The lowest BCUT2D eigenvalue weighted by Gasteiger charge is -2.26. The fraction of sp³-hybridized carbons (Fsp3) is 0.733. The minimum Gasteiger partial charge on any atom is -0.312 e. The Bertz CT molecular complexity index is 359. The molecule has 1 rings (SSSR count). The summed E-state index contributed by atoms with van der Waals surface area (Å²) in [6.07, 6.45) is 2.42. The van der Waals surface area contributed by atoms with Gasteiger partial charge in [-0.15, -0.1) is 11.3 Å². The molecule has 0 saturated carbocycles. The lowest BCUT2D eigenvalue weighted by Crippen LogP contribution is -2.20. The second-order valence-electron chi connectivity index (χ2n) is 6.55. The van der Waals surface area contributed by atoms with Crippen LogP contribution in [-0.4, -0.2) is 7.05 Å². The van der Waals surface area contributed by atoms with Crippen molar-refractivity contribution < 1.29 is 0 Å². The second-order valence-corrected chi connectivity index (χ2v) is 8.24. The van der Waals surface area contributed by atoms with E-state index in [9.17, 15) is 0 Å². The van der Waals surface area contributed by atoms with E-state index in [1.165, 1.54) is 23.3 Å². The molecule has 1 aromatic heterocycles. The lowest BCUT2D eigenvalue weighted by atomic mass is 9.83. The monoisotopic (exact) mass is 287 g/mol. The van der Waals surface area contributed by atoms with Gasteiger partial charge in [0, 0.05) is 10.9 Å². The first-order valence-corrected chi connectivity index (χ1v) is 7.85. The largest absolute Gasteiger partial charge is 0.312 e. The van der Waals surface area contributed by atoms with Crippen LogP contribution in [0.4, 0.5) is 0 Å². The maximum absolute atomic E-state index is 6.16. The van der Waals surface area contributed by atoms with Gasteiger partial charge < -0.3 is 5.32 Å². The first-order valence-electron chi connectivity index (χ1n) is 6.66. The fourth-order valence-electron chi connectivity index (χ4n) is 2.56. The minimum atomic E-state index is 0.403. The number of nitrogens with one attached hydrogen (secondary N) is 1. The van der Waals surface area contributed by atoms with E-state index < -0.39 is 0 Å². The number of rotatable bonds is 5. The lowest BCUT2D eigenvalue weighted by molar-refractivity contribution is 0.280. The Kier molecular flexibility index (Phi) is 5.69. The molecule has 0 aliphatic carbocycles. The molecular formula is C15H26ClNS. The van der Waals surface area contributed by atoms with Gasteiger partial charge in [-0.05, 0) is 49.8 Å². The van der Waals surface area contributed by atoms with E-state index >= 15 is 0 Å². The maximum atomic E-state index is 6.16. The van der Waals surface area contributed by atoms with Gasteiger partial charge in [0.1, 0.15) is 0 Å². The van der Waals surface area contributed by atoms with Crippen molar-refractivity contribution in [3.05, 3.63) is 20.8 Å². The van der Waals surface area contributed by atoms with E-state index in [0.29, 0.717) is 17.4 Å². The molecule has 0 saturated heterocycles. The Labute approximate surface area is 121 Å². The summed E-state index contributed by atoms with van der Waals surface area (Å²) in [4.78, 5) is 1.36. The van der Waals surface area contributed by atoms with Crippen LogP contribution in [0.25, 0.3) is 0 Å². The smallest absolute Gasteiger partial charge is 0.0960 e. The van der Waals surface area contributed by atoms with Gasteiger partial charge >= 0.3 is 0 Å². The summed E-state index contributed by atoms with van der Waals surface area (Å²) < 4.78 is 0.925. The predicted octanol–water partition coefficient (Wildman–Crippen LogP) is 5.43. The zero-order valence-corrected chi connectivity index (χ0v) is 14.0. The molecule has 2 atom stereocenters. The van der Waals surface area contributed by atoms with Gasteiger partial charge in [0.05, 0.1) is 4.34 Å². The zero-order chi connectivity index (χ0) is 13.9. The van der Waals surface area contributed by atoms with Crippen molar-refractivity contribution in [3.8, 4) is 0 Å². The summed E-state index contributed by atoms with van der Waals surface area (Å²) in [6, 6.07) is 2.65. The van der Waals surface area contributed by atoms with Gasteiger partial charge in [0.2, 0.25) is 0 Å². The van der Waals surface area contributed by atoms with E-state index in [0.717, 1.165) is 4.34 Å². The summed E-state index contributed by atoms with van der Waals surface area (Å²) in [7, 11) is 2.04. The molecule has 2 unspecified atom stereocenters. The number of hydrogen-bond donors (Lipinski definition) is 1. The highest BCUT2D eigenvalue weighted by Crippen LogP contribution is 2.35. The molecule has 3 heteroatoms. The van der Waals surface area contributed by atoms with E-state index in [1.54, 1.807) is 11.3 Å². The Balaban J connectivity index is 2.67. The third-order valence-corrected chi connectivity index (χ3v) is 4.84. The molecule has 0 radical (unpaired) electrons. The third kappa shape index (κ3) is 4.91. The zero-order valence-electron chi connectivity index (χ0n) is 12.4. The summed E-state index contributed by atoms with van der Waals surface area (Å²) in [6.45, 7) is 11.4. The van der Waals surface area contributed by atoms with Crippen molar-refractivity contribution in [2.24, 2.45) is 11.3 Å². The fourth-order valence-corrected chi connectivity index (χ4v) is 3.90. The van der Waals surface area contributed by atoms with Gasteiger partial charge in [-0.1, -0.05) is 39.3 Å². The number of halogens is 1. The van der Waals surface area contributed by atoms with E-state index in [4.69, 9.17) is 11.6 Å². The maximum Gasteiger partial charge on any atom is 0.0960 e. The van der Waals surface area contributed by atoms with Crippen LogP contribution >= 0.6 is 22.9 Å². The van der Waals surface area contributed by atoms with Crippen LogP contribution in [-0.2, 0) is 0 Å². The van der Waals surface area contributed by atoms with Crippen LogP contribution < -0.4 is 5.32 Å². The molecule has 1 nitrogen and oxygen atoms in total. The van der Waals surface area contributed by atoms with Crippen LogP contribution in [0.15, 0.2) is 6.07 Å². The van der Waals surface area contributed by atoms with Crippen molar-refractivity contribution in [1.82, 2.24) is 5.32 Å². The molecule has 0 aromatic carbocycles. The van der Waals surface area contributed by atoms with Gasteiger partial charge in [-0.3, -0.25) is 0 Å². The van der Waals surface area contributed by atoms with Gasteiger partial charge in [0.25, 0.3) is 0 Å². The SMILES string of the molecule is CNC(CC(C)CC(C)(C)C)c1cc(C)c(Cl)s1. The van der Waals surface area contributed by atoms with E-state index in [2.05, 4.69) is 46.0 Å². The molecule has 1 aromatic rings. The van der Waals surface area contributed by atoms with Crippen LogP contribution in [0, 0.1) is 18.3 Å². The highest BCUT2D eigenvalue weighted by molar-refractivity contribution is 7.16. The summed E-state index contributed by atoms with van der Waals surface area (Å²) >= 11 is 7.87. The first-order chi connectivity index (χ1) is 8.23. The third-order valence-electron chi connectivity index (χ3n) is 3.17. The van der Waals surface area contributed by atoms with Crippen molar-refractivity contribution in [3.63, 3.8) is 0 Å². The summed E-state index contributed by atoms with van der Waals surface area (Å²) in [5.41, 5.74) is 1.60. The van der Waals surface area contributed by atoms with Crippen LogP contribution in [0.5, 0.6) is 0 Å². The molecule has 0 bridgehead atoms. The normalized spacial score (nSPS) is 15.7. The number of hydrogen-bond acceptors (Lipinski definition) is 2. The van der Waals surface area contributed by atoms with Crippen LogP contribution in [0.2, 0.25) is 4.34 Å². The molecule has 0 amide bonds. The Hall–Kier alpha value is -0.0500. The van der Waals surface area contributed by atoms with Crippen LogP contribution in [0.3, 0.4) is 0 Å². The molecule has 0 spiro atoms. The Morgan fingerprint density at radius 2 is 2.00 bits per heavy atom. The molecular weight excluding hydrogens is 262 g/mol. The molecule has 1 heterocycles. The number of aryl methyl sites for hydroxylation is 1. The average molecular weight is 288 g/mol. The molecule has 1 N–H and O–H groups in total. The molecule has 0 fully saturated rings. The second kappa shape index (κ2) is 6.40. The molecule has 0 aliphatic heterocycles. The Morgan fingerprint density at radius 3 is 2.39 bits per heavy atom. The molecule has 0 aliphatic rings. The van der Waals surface area contributed by atoms with Crippen molar-refractivity contribution >= 4 is 22.9 Å². The molecule has 18 heavy (non-hydrogen) atoms. The highest BCUT2D eigenvalue weighted by Gasteiger charge is 2.20. The Morgan fingerprint density at radius 1 is 1.39 bits per heavy atom. The van der Waals surface area contributed by atoms with Crippen molar-refractivity contribution in [1.29, 1.82) is 0 Å². The average Bonchev–Trinajstić information content (AvgIpc) is 2.53. The van der Waals surface area contributed by atoms with E-state index in [1.807, 2.05) is 7.05 Å². The van der Waals surface area contributed by atoms with Gasteiger partial charge in [-0.2, -0.15) is 0 Å². The van der Waals surface area contributed by atoms with Crippen LogP contribution in [0.1, 0.15) is 57.0 Å². The van der Waals surface area contributed by atoms with E-state index in [-0.39, 0.29) is 0 Å². The van der Waals surface area contributed by atoms with Crippen molar-refractivity contribution in [2.75, 3.05) is 7.05 Å². The summed E-state index contributed by atoms with van der Waals surface area (Å²) in [5.74, 6) is 0.712. The highest BCUT2D eigenvalue weighted by atomic mass is 35.5. The first kappa shape index (κ1) is 16.0. The van der Waals surface area contributed by atoms with Crippen molar-refractivity contribution in [2.45, 2.75) is 53.5 Å². The standard InChI is InChI=1S/C15H26ClNS/c1-10(9-15(3,4)5)7-12(17-6)13-8-11(2)14(16)18-13/h8,10,12,17H,7,9H2,1-6H3. The summed E-state index contributed by atoms with van der Waals surface area (Å²) in [5, 5.41) is 3.43. The molecule has 104 valence electrons. The quantitative estimate of drug-likeness (QED) is 0.761. The topological polar surface area (TPSA) is 12.0 Å². The predicted molar refractivity (Wildman–Crippen MR) is 83.7 cm³/mol. The van der Waals surface area contributed by atoms with Gasteiger partial charge in [0.15, 0.2) is 0 Å². The number of thiophene rings is 1. The van der Waals surface area contributed by atoms with Gasteiger partial charge in [-0.25, -0.2) is 0 Å². The minimum absolute atomic E-state index is 0.403.